The zero-order chi connectivity index (χ0) is 23.1. The Morgan fingerprint density at radius 3 is 2.35 bits per heavy atom. The molecule has 10 heteroatoms. The first kappa shape index (κ1) is 24.7. The van der Waals surface area contributed by atoms with E-state index in [-0.39, 0.29) is 11.7 Å². The summed E-state index contributed by atoms with van der Waals surface area (Å²) in [6.45, 7) is 3.01. The van der Waals surface area contributed by atoms with Crippen LogP contribution in [0.25, 0.3) is 0 Å². The number of methoxy groups -OCH3 is 1. The van der Waals surface area contributed by atoms with E-state index in [2.05, 4.69) is 0 Å². The second-order valence-corrected chi connectivity index (χ2v) is 8.31. The van der Waals surface area contributed by atoms with Crippen molar-refractivity contribution >= 4 is 16.0 Å². The minimum atomic E-state index is -4.67. The molecule has 6 nitrogen and oxygen atoms in total. The minimum absolute atomic E-state index is 0.0213. The van der Waals surface area contributed by atoms with Crippen LogP contribution in [0.15, 0.2) is 53.4 Å². The molecule has 0 aliphatic carbocycles. The summed E-state index contributed by atoms with van der Waals surface area (Å²) >= 11 is 0. The highest BCUT2D eigenvalue weighted by molar-refractivity contribution is 7.87. The van der Waals surface area contributed by atoms with E-state index in [9.17, 15) is 26.4 Å². The van der Waals surface area contributed by atoms with Crippen molar-refractivity contribution < 1.29 is 35.3 Å². The molecule has 2 aromatic carbocycles. The number of hydrogen-bond acceptors (Lipinski definition) is 5. The van der Waals surface area contributed by atoms with Crippen LogP contribution in [0.1, 0.15) is 30.9 Å². The first-order chi connectivity index (χ1) is 14.6. The molecule has 0 saturated heterocycles. The average Bonchev–Trinajstić information content (AvgIpc) is 2.71. The molecular formula is C21H24F3NO5S. The lowest BCUT2D eigenvalue weighted by molar-refractivity contribution is -0.137. The minimum Gasteiger partial charge on any atom is -0.383 e. The lowest BCUT2D eigenvalue weighted by Gasteiger charge is -2.22. The fourth-order valence-electron chi connectivity index (χ4n) is 2.74. The summed E-state index contributed by atoms with van der Waals surface area (Å²) in [6, 6.07) is 9.31. The smallest absolute Gasteiger partial charge is 0.383 e. The van der Waals surface area contributed by atoms with Gasteiger partial charge in [0.2, 0.25) is 5.91 Å². The Hall–Kier alpha value is -2.59. The summed E-state index contributed by atoms with van der Waals surface area (Å²) < 4.78 is 73.3. The van der Waals surface area contributed by atoms with Gasteiger partial charge in [-0.3, -0.25) is 4.79 Å². The van der Waals surface area contributed by atoms with Crippen molar-refractivity contribution in [3.63, 3.8) is 0 Å². The summed E-state index contributed by atoms with van der Waals surface area (Å²) in [4.78, 5) is 13.3. The maximum absolute atomic E-state index is 12.8. The Bertz CT molecular complexity index is 975. The summed E-state index contributed by atoms with van der Waals surface area (Å²) in [5.74, 6) is -0.0727. The van der Waals surface area contributed by atoms with Crippen LogP contribution in [0.5, 0.6) is 5.75 Å². The average molecular weight is 459 g/mol. The quantitative estimate of drug-likeness (QED) is 0.497. The maximum atomic E-state index is 12.8. The molecule has 2 rings (SSSR count). The summed E-state index contributed by atoms with van der Waals surface area (Å²) in [5, 5.41) is 0. The third-order valence-electron chi connectivity index (χ3n) is 4.33. The molecule has 0 heterocycles. The zero-order valence-corrected chi connectivity index (χ0v) is 18.0. The van der Waals surface area contributed by atoms with Crippen molar-refractivity contribution in [2.75, 3.05) is 20.3 Å². The molecule has 1 amide bonds. The fourth-order valence-corrected chi connectivity index (χ4v) is 3.72. The van der Waals surface area contributed by atoms with Crippen LogP contribution in [0.2, 0.25) is 0 Å². The van der Waals surface area contributed by atoms with Crippen LogP contribution in [0.3, 0.4) is 0 Å². The molecule has 0 fully saturated rings. The van der Waals surface area contributed by atoms with Gasteiger partial charge in [-0.15, -0.1) is 0 Å². The number of halogens is 3. The van der Waals surface area contributed by atoms with Crippen molar-refractivity contribution in [2.45, 2.75) is 37.4 Å². The summed E-state index contributed by atoms with van der Waals surface area (Å²) in [6.07, 6.45) is -3.56. The van der Waals surface area contributed by atoms with Gasteiger partial charge in [-0.25, -0.2) is 0 Å². The molecule has 0 aromatic heterocycles. The number of nitrogens with zero attached hydrogens (tertiary/aromatic N) is 1. The first-order valence-electron chi connectivity index (χ1n) is 9.54. The normalized spacial score (nSPS) is 11.9. The molecule has 0 aliphatic rings. The third-order valence-corrected chi connectivity index (χ3v) is 5.58. The number of alkyl halides is 3. The number of ether oxygens (including phenoxy) is 1. The molecule has 170 valence electrons. The molecule has 0 unspecified atom stereocenters. The Morgan fingerprint density at radius 2 is 1.77 bits per heavy atom. The standard InChI is InChI=1S/C21H24F3NO5S/c1-3-5-20(26)25(12-13-29-2)15-16-8-10-18(11-9-16)30-31(27,28)19-7-4-6-17(14-19)21(22,23)24/h4,6-11,14H,3,5,12-13,15H2,1-2H3. The lowest BCUT2D eigenvalue weighted by Crippen LogP contribution is -2.33. The molecule has 0 aliphatic heterocycles. The number of carbonyl (C=O) groups excluding carboxylic acids is 1. The van der Waals surface area contributed by atoms with Gasteiger partial charge in [-0.05, 0) is 42.3 Å². The number of amides is 1. The molecule has 0 atom stereocenters. The number of carbonyl (C=O) groups is 1. The molecule has 0 saturated carbocycles. The van der Waals surface area contributed by atoms with E-state index in [1.165, 1.54) is 12.1 Å². The molecule has 0 spiro atoms. The van der Waals surface area contributed by atoms with E-state index in [4.69, 9.17) is 8.92 Å². The zero-order valence-electron chi connectivity index (χ0n) is 17.2. The lowest BCUT2D eigenvalue weighted by atomic mass is 10.2. The highest BCUT2D eigenvalue weighted by Crippen LogP contribution is 2.31. The van der Waals surface area contributed by atoms with Gasteiger partial charge in [-0.2, -0.15) is 21.6 Å². The van der Waals surface area contributed by atoms with Crippen molar-refractivity contribution in [3.05, 3.63) is 59.7 Å². The third kappa shape index (κ3) is 7.25. The SMILES string of the molecule is CCCC(=O)N(CCOC)Cc1ccc(OS(=O)(=O)c2cccc(C(F)(F)F)c2)cc1. The van der Waals surface area contributed by atoms with Gasteiger partial charge in [0.25, 0.3) is 0 Å². The highest BCUT2D eigenvalue weighted by atomic mass is 32.2. The van der Waals surface area contributed by atoms with E-state index in [0.717, 1.165) is 23.8 Å². The van der Waals surface area contributed by atoms with Crippen molar-refractivity contribution in [2.24, 2.45) is 0 Å². The second kappa shape index (κ2) is 10.6. The van der Waals surface area contributed by atoms with Crippen molar-refractivity contribution in [1.29, 1.82) is 0 Å². The number of rotatable bonds is 10. The summed E-state index contributed by atoms with van der Waals surface area (Å²) in [7, 11) is -2.90. The van der Waals surface area contributed by atoms with E-state index in [0.29, 0.717) is 38.6 Å². The predicted octanol–water partition coefficient (Wildman–Crippen LogP) is 4.25. The van der Waals surface area contributed by atoms with Crippen LogP contribution in [-0.4, -0.2) is 39.5 Å². The van der Waals surface area contributed by atoms with Gasteiger partial charge in [-0.1, -0.05) is 25.1 Å². The number of hydrogen-bond donors (Lipinski definition) is 0. The largest absolute Gasteiger partial charge is 0.416 e. The van der Waals surface area contributed by atoms with Gasteiger partial charge in [0.15, 0.2) is 0 Å². The molecule has 0 bridgehead atoms. The Balaban J connectivity index is 2.13. The van der Waals surface area contributed by atoms with Crippen LogP contribution < -0.4 is 4.18 Å². The fraction of sp³-hybridized carbons (Fsp3) is 0.381. The van der Waals surface area contributed by atoms with Gasteiger partial charge in [0.05, 0.1) is 12.2 Å². The predicted molar refractivity (Wildman–Crippen MR) is 108 cm³/mol. The van der Waals surface area contributed by atoms with E-state index >= 15 is 0 Å². The van der Waals surface area contributed by atoms with Gasteiger partial charge < -0.3 is 13.8 Å². The van der Waals surface area contributed by atoms with Crippen molar-refractivity contribution in [1.82, 2.24) is 4.90 Å². The molecule has 2 aromatic rings. The Kier molecular flexibility index (Phi) is 8.46. The monoisotopic (exact) mass is 459 g/mol. The van der Waals surface area contributed by atoms with Crippen LogP contribution >= 0.6 is 0 Å². The van der Waals surface area contributed by atoms with Gasteiger partial charge in [0.1, 0.15) is 10.6 Å². The second-order valence-electron chi connectivity index (χ2n) is 6.77. The topological polar surface area (TPSA) is 72.9 Å². The van der Waals surface area contributed by atoms with Gasteiger partial charge in [0, 0.05) is 26.6 Å². The van der Waals surface area contributed by atoms with Crippen LogP contribution in [0, 0.1) is 0 Å². The highest BCUT2D eigenvalue weighted by Gasteiger charge is 2.32. The van der Waals surface area contributed by atoms with Gasteiger partial charge >= 0.3 is 16.3 Å². The molecule has 0 N–H and O–H groups in total. The van der Waals surface area contributed by atoms with Crippen LogP contribution in [0.4, 0.5) is 13.2 Å². The molecule has 0 radical (unpaired) electrons. The summed E-state index contributed by atoms with van der Waals surface area (Å²) in [5.41, 5.74) is -0.343. The van der Waals surface area contributed by atoms with Crippen molar-refractivity contribution in [3.8, 4) is 5.75 Å². The molecule has 31 heavy (non-hydrogen) atoms. The van der Waals surface area contributed by atoms with E-state index < -0.39 is 26.8 Å². The number of benzene rings is 2. The maximum Gasteiger partial charge on any atom is 0.416 e. The Labute approximate surface area is 179 Å². The van der Waals surface area contributed by atoms with E-state index in [1.807, 2.05) is 6.92 Å². The van der Waals surface area contributed by atoms with E-state index in [1.54, 1.807) is 24.1 Å². The first-order valence-corrected chi connectivity index (χ1v) is 10.9. The molecular weight excluding hydrogens is 435 g/mol. The van der Waals surface area contributed by atoms with Crippen LogP contribution in [-0.2, 0) is 32.4 Å². The Morgan fingerprint density at radius 1 is 1.10 bits per heavy atom.